The lowest BCUT2D eigenvalue weighted by molar-refractivity contribution is -0.122. The highest BCUT2D eigenvalue weighted by molar-refractivity contribution is 6.23. The Labute approximate surface area is 253 Å². The summed E-state index contributed by atoms with van der Waals surface area (Å²) in [6.45, 7) is -0.552. The third kappa shape index (κ3) is 4.23. The maximum Gasteiger partial charge on any atom is 0.338 e. The van der Waals surface area contributed by atoms with Crippen LogP contribution in [-0.4, -0.2) is 44.5 Å². The maximum absolute atomic E-state index is 14.0. The molecule has 1 aliphatic heterocycles. The average Bonchev–Trinajstić information content (AvgIpc) is 3.33. The van der Waals surface area contributed by atoms with Gasteiger partial charge in [0.05, 0.1) is 43.0 Å². The molecule has 3 amide bonds. The standard InChI is InChI=1S/C35H28N2O7/c1-42-21-14-15-26(27(17-21)43-2)36-28(38)18-44-35(41)19-8-7-9-20(16-19)37-33(39)31-29-22-10-3-4-11-23(22)30(32(31)34(37)40)25-13-6-5-12-24(25)29/h3-17,29-32H,18H2,1-2H3,(H,36,38)/t29?,30?,31-,32-/m1/s1. The van der Waals surface area contributed by atoms with Crippen LogP contribution in [0.4, 0.5) is 11.4 Å². The molecule has 4 aliphatic rings. The smallest absolute Gasteiger partial charge is 0.338 e. The number of carbonyl (C=O) groups is 4. The number of hydrogen-bond donors (Lipinski definition) is 1. The number of carbonyl (C=O) groups excluding carboxylic acids is 4. The molecule has 1 heterocycles. The number of nitrogens with one attached hydrogen (secondary N) is 1. The van der Waals surface area contributed by atoms with Crippen molar-refractivity contribution < 1.29 is 33.4 Å². The summed E-state index contributed by atoms with van der Waals surface area (Å²) in [4.78, 5) is 54.8. The fraction of sp³-hybridized carbons (Fsp3) is 0.200. The molecule has 0 saturated carbocycles. The van der Waals surface area contributed by atoms with Gasteiger partial charge in [-0.3, -0.25) is 14.4 Å². The number of hydrogen-bond acceptors (Lipinski definition) is 7. The average molecular weight is 589 g/mol. The van der Waals surface area contributed by atoms with Gasteiger partial charge in [0, 0.05) is 17.9 Å². The fourth-order valence-corrected chi connectivity index (χ4v) is 7.01. The van der Waals surface area contributed by atoms with E-state index >= 15 is 0 Å². The van der Waals surface area contributed by atoms with E-state index in [1.807, 2.05) is 24.3 Å². The largest absolute Gasteiger partial charge is 0.497 e. The van der Waals surface area contributed by atoms with Crippen molar-refractivity contribution in [3.63, 3.8) is 0 Å². The lowest BCUT2D eigenvalue weighted by Crippen LogP contribution is -2.41. The van der Waals surface area contributed by atoms with Crippen LogP contribution in [0.1, 0.15) is 44.4 Å². The zero-order valence-corrected chi connectivity index (χ0v) is 24.0. The number of benzene rings is 4. The summed E-state index contributed by atoms with van der Waals surface area (Å²) in [5.74, 6) is -2.47. The van der Waals surface area contributed by atoms with E-state index in [-0.39, 0.29) is 29.2 Å². The van der Waals surface area contributed by atoms with Crippen molar-refractivity contribution in [2.75, 3.05) is 31.0 Å². The van der Waals surface area contributed by atoms with Gasteiger partial charge in [0.2, 0.25) is 11.8 Å². The molecule has 1 saturated heterocycles. The van der Waals surface area contributed by atoms with E-state index in [9.17, 15) is 19.2 Å². The van der Waals surface area contributed by atoms with E-state index in [4.69, 9.17) is 14.2 Å². The lowest BCUT2D eigenvalue weighted by Gasteiger charge is -2.45. The van der Waals surface area contributed by atoms with Gasteiger partial charge in [-0.25, -0.2) is 9.69 Å². The first-order chi connectivity index (χ1) is 21.4. The van der Waals surface area contributed by atoms with Crippen LogP contribution >= 0.6 is 0 Å². The summed E-state index contributed by atoms with van der Waals surface area (Å²) in [6.07, 6.45) is 0. The van der Waals surface area contributed by atoms with E-state index in [2.05, 4.69) is 29.6 Å². The molecular weight excluding hydrogens is 560 g/mol. The molecule has 2 atom stereocenters. The first-order valence-electron chi connectivity index (χ1n) is 14.3. The zero-order valence-electron chi connectivity index (χ0n) is 24.0. The molecule has 0 aromatic heterocycles. The Morgan fingerprint density at radius 3 is 1.86 bits per heavy atom. The number of anilines is 2. The number of rotatable bonds is 7. The van der Waals surface area contributed by atoms with Crippen molar-refractivity contribution in [3.8, 4) is 11.5 Å². The van der Waals surface area contributed by atoms with Crippen molar-refractivity contribution in [1.29, 1.82) is 0 Å². The minimum Gasteiger partial charge on any atom is -0.497 e. The Morgan fingerprint density at radius 1 is 0.727 bits per heavy atom. The number of amides is 3. The molecule has 2 bridgehead atoms. The summed E-state index contributed by atoms with van der Waals surface area (Å²) in [6, 6.07) is 27.2. The van der Waals surface area contributed by atoms with Gasteiger partial charge >= 0.3 is 5.97 Å². The van der Waals surface area contributed by atoms with Gasteiger partial charge in [0.15, 0.2) is 6.61 Å². The predicted molar refractivity (Wildman–Crippen MR) is 161 cm³/mol. The van der Waals surface area contributed by atoms with Crippen molar-refractivity contribution in [2.45, 2.75) is 11.8 Å². The Hall–Kier alpha value is -5.44. The van der Waals surface area contributed by atoms with Crippen LogP contribution in [0.3, 0.4) is 0 Å². The molecular formula is C35H28N2O7. The van der Waals surface area contributed by atoms with Crippen molar-refractivity contribution in [2.24, 2.45) is 11.8 Å². The highest BCUT2D eigenvalue weighted by Gasteiger charge is 2.61. The van der Waals surface area contributed by atoms with Gasteiger partial charge < -0.3 is 19.5 Å². The van der Waals surface area contributed by atoms with Crippen LogP contribution in [0.5, 0.6) is 11.5 Å². The van der Waals surface area contributed by atoms with Gasteiger partial charge in [0.25, 0.3) is 5.91 Å². The normalized spacial score (nSPS) is 20.8. The number of nitrogens with zero attached hydrogens (tertiary/aromatic N) is 1. The lowest BCUT2D eigenvalue weighted by atomic mass is 9.55. The second kappa shape index (κ2) is 10.7. The number of imide groups is 1. The topological polar surface area (TPSA) is 111 Å². The molecule has 1 N–H and O–H groups in total. The molecule has 0 spiro atoms. The van der Waals surface area contributed by atoms with Crippen LogP contribution < -0.4 is 19.7 Å². The minimum atomic E-state index is -0.764. The Balaban J connectivity index is 1.10. The molecule has 44 heavy (non-hydrogen) atoms. The molecule has 0 radical (unpaired) electrons. The Morgan fingerprint density at radius 2 is 1.32 bits per heavy atom. The molecule has 220 valence electrons. The van der Waals surface area contributed by atoms with E-state index in [1.165, 1.54) is 31.3 Å². The first-order valence-corrected chi connectivity index (χ1v) is 14.3. The maximum atomic E-state index is 14.0. The van der Waals surface area contributed by atoms with Gasteiger partial charge in [-0.05, 0) is 52.6 Å². The highest BCUT2D eigenvalue weighted by Crippen LogP contribution is 2.61. The van der Waals surface area contributed by atoms with Gasteiger partial charge in [0.1, 0.15) is 11.5 Å². The summed E-state index contributed by atoms with van der Waals surface area (Å²) in [5, 5.41) is 2.65. The molecule has 3 aliphatic carbocycles. The zero-order chi connectivity index (χ0) is 30.5. The quantitative estimate of drug-likeness (QED) is 0.242. The predicted octanol–water partition coefficient (Wildman–Crippen LogP) is 4.90. The summed E-state index contributed by atoms with van der Waals surface area (Å²) < 4.78 is 15.7. The summed E-state index contributed by atoms with van der Waals surface area (Å²) >= 11 is 0. The van der Waals surface area contributed by atoms with Gasteiger partial charge in [-0.2, -0.15) is 0 Å². The molecule has 8 rings (SSSR count). The van der Waals surface area contributed by atoms with Crippen molar-refractivity contribution in [1.82, 2.24) is 0 Å². The third-order valence-electron chi connectivity index (χ3n) is 8.81. The van der Waals surface area contributed by atoms with E-state index in [1.54, 1.807) is 30.3 Å². The van der Waals surface area contributed by atoms with E-state index in [0.717, 1.165) is 22.3 Å². The Bertz CT molecular complexity index is 1740. The van der Waals surface area contributed by atoms with Crippen LogP contribution in [-0.2, 0) is 19.1 Å². The van der Waals surface area contributed by atoms with Crippen LogP contribution in [0.25, 0.3) is 0 Å². The summed E-state index contributed by atoms with van der Waals surface area (Å²) in [5.41, 5.74) is 5.14. The molecule has 9 nitrogen and oxygen atoms in total. The number of esters is 1. The van der Waals surface area contributed by atoms with Crippen LogP contribution in [0, 0.1) is 11.8 Å². The third-order valence-corrected chi connectivity index (χ3v) is 8.81. The number of methoxy groups -OCH3 is 2. The second-order valence-corrected chi connectivity index (χ2v) is 11.0. The highest BCUT2D eigenvalue weighted by atomic mass is 16.5. The molecule has 4 aromatic rings. The molecule has 9 heteroatoms. The summed E-state index contributed by atoms with van der Waals surface area (Å²) in [7, 11) is 2.98. The fourth-order valence-electron chi connectivity index (χ4n) is 7.01. The Kier molecular flexibility index (Phi) is 6.65. The van der Waals surface area contributed by atoms with Crippen molar-refractivity contribution in [3.05, 3.63) is 119 Å². The second-order valence-electron chi connectivity index (χ2n) is 11.0. The first kappa shape index (κ1) is 27.4. The molecule has 4 aromatic carbocycles. The van der Waals surface area contributed by atoms with E-state index in [0.29, 0.717) is 22.9 Å². The van der Waals surface area contributed by atoms with Crippen LogP contribution in [0.15, 0.2) is 91.0 Å². The minimum absolute atomic E-state index is 0.113. The van der Waals surface area contributed by atoms with Gasteiger partial charge in [-0.1, -0.05) is 54.6 Å². The molecule has 1 fully saturated rings. The molecule has 0 unspecified atom stereocenters. The monoisotopic (exact) mass is 588 g/mol. The number of ether oxygens (including phenoxy) is 3. The van der Waals surface area contributed by atoms with Crippen molar-refractivity contribution >= 4 is 35.1 Å². The van der Waals surface area contributed by atoms with Crippen LogP contribution in [0.2, 0.25) is 0 Å². The SMILES string of the molecule is COc1ccc(NC(=O)COC(=O)c2cccc(N3C(=O)[C@@H]4C5c6ccccc6C(c6ccccc65)[C@H]4C3=O)c2)c(OC)c1. The van der Waals surface area contributed by atoms with E-state index < -0.39 is 30.3 Å². The van der Waals surface area contributed by atoms with Gasteiger partial charge in [-0.15, -0.1) is 0 Å².